The van der Waals surface area contributed by atoms with Gasteiger partial charge < -0.3 is 14.8 Å². The highest BCUT2D eigenvalue weighted by atomic mass is 32.2. The lowest BCUT2D eigenvalue weighted by atomic mass is 10.1. The molecule has 0 aliphatic carbocycles. The average Bonchev–Trinajstić information content (AvgIpc) is 2.68. The summed E-state index contributed by atoms with van der Waals surface area (Å²) in [5.41, 5.74) is 1.14. The topological polar surface area (TPSA) is 81.7 Å². The molecule has 0 aliphatic heterocycles. The van der Waals surface area contributed by atoms with Gasteiger partial charge in [-0.3, -0.25) is 4.79 Å². The van der Waals surface area contributed by atoms with E-state index in [2.05, 4.69) is 5.32 Å². The molecule has 2 rings (SSSR count). The van der Waals surface area contributed by atoms with Gasteiger partial charge in [0.05, 0.1) is 29.9 Å². The van der Waals surface area contributed by atoms with Crippen LogP contribution in [0.1, 0.15) is 44.9 Å². The molecular weight excluding hydrogens is 366 g/mol. The van der Waals surface area contributed by atoms with Gasteiger partial charge in [-0.25, -0.2) is 9.59 Å². The van der Waals surface area contributed by atoms with E-state index in [0.717, 1.165) is 4.90 Å². The van der Waals surface area contributed by atoms with E-state index in [4.69, 9.17) is 9.47 Å². The Kier molecular flexibility index (Phi) is 7.43. The Hall–Kier alpha value is -2.80. The van der Waals surface area contributed by atoms with Crippen LogP contribution in [0.15, 0.2) is 47.4 Å². The van der Waals surface area contributed by atoms with E-state index < -0.39 is 11.9 Å². The molecule has 0 saturated carbocycles. The predicted molar refractivity (Wildman–Crippen MR) is 105 cm³/mol. The molecule has 0 heterocycles. The monoisotopic (exact) mass is 387 g/mol. The van der Waals surface area contributed by atoms with E-state index in [1.54, 1.807) is 26.0 Å². The van der Waals surface area contributed by atoms with Crippen molar-refractivity contribution in [3.05, 3.63) is 59.2 Å². The molecule has 1 N–H and O–H groups in total. The Labute approximate surface area is 162 Å². The Morgan fingerprint density at radius 2 is 1.48 bits per heavy atom. The maximum absolute atomic E-state index is 12.7. The molecule has 0 aliphatic rings. The lowest BCUT2D eigenvalue weighted by Gasteiger charge is -2.12. The molecule has 7 heteroatoms. The largest absolute Gasteiger partial charge is 0.462 e. The number of ether oxygens (including phenoxy) is 2. The van der Waals surface area contributed by atoms with Crippen LogP contribution in [0.25, 0.3) is 0 Å². The Morgan fingerprint density at radius 3 is 2.00 bits per heavy atom. The Morgan fingerprint density at radius 1 is 0.926 bits per heavy atom. The van der Waals surface area contributed by atoms with Crippen LogP contribution in [0.5, 0.6) is 0 Å². The lowest BCUT2D eigenvalue weighted by molar-refractivity contribution is 0.0525. The van der Waals surface area contributed by atoms with E-state index in [0.29, 0.717) is 11.3 Å². The summed E-state index contributed by atoms with van der Waals surface area (Å²) in [4.78, 5) is 37.7. The number of carbonyl (C=O) groups excluding carboxylic acids is 3. The highest BCUT2D eigenvalue weighted by Crippen LogP contribution is 2.22. The van der Waals surface area contributed by atoms with Crippen LogP contribution in [0.4, 0.5) is 5.69 Å². The lowest BCUT2D eigenvalue weighted by Crippen LogP contribution is -2.15. The molecular formula is C20H21NO5S. The van der Waals surface area contributed by atoms with Gasteiger partial charge in [0.15, 0.2) is 0 Å². The normalized spacial score (nSPS) is 10.2. The van der Waals surface area contributed by atoms with Crippen LogP contribution in [0.3, 0.4) is 0 Å². The first kappa shape index (κ1) is 20.5. The van der Waals surface area contributed by atoms with Crippen LogP contribution in [0, 0.1) is 0 Å². The zero-order valence-electron chi connectivity index (χ0n) is 15.4. The number of benzene rings is 2. The van der Waals surface area contributed by atoms with E-state index in [9.17, 15) is 14.4 Å². The van der Waals surface area contributed by atoms with Crippen molar-refractivity contribution >= 4 is 35.3 Å². The molecule has 142 valence electrons. The first-order valence-corrected chi connectivity index (χ1v) is 9.66. The maximum atomic E-state index is 12.7. The molecule has 0 aromatic heterocycles. The van der Waals surface area contributed by atoms with Crippen LogP contribution >= 0.6 is 11.8 Å². The van der Waals surface area contributed by atoms with Crippen LogP contribution in [0.2, 0.25) is 0 Å². The average molecular weight is 387 g/mol. The zero-order valence-corrected chi connectivity index (χ0v) is 16.2. The minimum Gasteiger partial charge on any atom is -0.462 e. The van der Waals surface area contributed by atoms with Crippen LogP contribution in [-0.2, 0) is 9.47 Å². The fraction of sp³-hybridized carbons (Fsp3) is 0.250. The van der Waals surface area contributed by atoms with Gasteiger partial charge in [0.2, 0.25) is 0 Å². The summed E-state index contributed by atoms with van der Waals surface area (Å²) in [6.07, 6.45) is 1.88. The molecule has 0 fully saturated rings. The molecule has 0 radical (unpaired) electrons. The van der Waals surface area contributed by atoms with Crippen molar-refractivity contribution < 1.29 is 23.9 Å². The first-order valence-electron chi connectivity index (χ1n) is 8.43. The summed E-state index contributed by atoms with van der Waals surface area (Å²) in [6, 6.07) is 11.5. The molecule has 0 atom stereocenters. The summed E-state index contributed by atoms with van der Waals surface area (Å²) < 4.78 is 9.99. The summed E-state index contributed by atoms with van der Waals surface area (Å²) in [5.74, 6) is -1.50. The summed E-state index contributed by atoms with van der Waals surface area (Å²) in [6.45, 7) is 3.78. The minimum atomic E-state index is -0.580. The Bertz CT molecular complexity index is 814. The highest BCUT2D eigenvalue weighted by Gasteiger charge is 2.17. The number of amides is 1. The number of thioether (sulfide) groups is 1. The molecule has 0 saturated heterocycles. The molecule has 6 nitrogen and oxygen atoms in total. The van der Waals surface area contributed by atoms with Gasteiger partial charge in [0.25, 0.3) is 5.91 Å². The number of hydrogen-bond donors (Lipinski definition) is 1. The van der Waals surface area contributed by atoms with Crippen molar-refractivity contribution in [3.8, 4) is 0 Å². The summed E-state index contributed by atoms with van der Waals surface area (Å²) in [5, 5.41) is 2.74. The van der Waals surface area contributed by atoms with Gasteiger partial charge in [0.1, 0.15) is 0 Å². The molecule has 2 aromatic carbocycles. The van der Waals surface area contributed by atoms with Crippen LogP contribution in [-0.4, -0.2) is 37.3 Å². The number of anilines is 1. The smallest absolute Gasteiger partial charge is 0.338 e. The van der Waals surface area contributed by atoms with Gasteiger partial charge in [-0.15, -0.1) is 11.8 Å². The summed E-state index contributed by atoms with van der Waals surface area (Å²) >= 11 is 1.45. The van der Waals surface area contributed by atoms with Gasteiger partial charge in [-0.05, 0) is 50.4 Å². The van der Waals surface area contributed by atoms with Crippen molar-refractivity contribution in [3.63, 3.8) is 0 Å². The second-order valence-corrected chi connectivity index (χ2v) is 6.24. The van der Waals surface area contributed by atoms with Crippen molar-refractivity contribution in [1.29, 1.82) is 0 Å². The van der Waals surface area contributed by atoms with Gasteiger partial charge in [-0.1, -0.05) is 12.1 Å². The predicted octanol–water partition coefficient (Wildman–Crippen LogP) is 4.01. The first-order chi connectivity index (χ1) is 13.0. The molecule has 0 unspecified atom stereocenters. The minimum absolute atomic E-state index is 0.163. The number of hydrogen-bond acceptors (Lipinski definition) is 6. The number of nitrogens with one attached hydrogen (secondary N) is 1. The van der Waals surface area contributed by atoms with E-state index in [1.807, 2.05) is 18.4 Å². The number of esters is 2. The SMILES string of the molecule is CCOC(=O)c1cc(NC(=O)c2ccccc2SC)cc(C(=O)OCC)c1. The molecule has 1 amide bonds. The quantitative estimate of drug-likeness (QED) is 0.571. The standard InChI is InChI=1S/C20H21NO5S/c1-4-25-19(23)13-10-14(20(24)26-5-2)12-15(11-13)21-18(22)16-8-6-7-9-17(16)27-3/h6-12H,4-5H2,1-3H3,(H,21,22). The fourth-order valence-electron chi connectivity index (χ4n) is 2.39. The number of carbonyl (C=O) groups is 3. The molecule has 0 bridgehead atoms. The van der Waals surface area contributed by atoms with Crippen molar-refractivity contribution in [1.82, 2.24) is 0 Å². The van der Waals surface area contributed by atoms with E-state index >= 15 is 0 Å². The van der Waals surface area contributed by atoms with Crippen molar-refractivity contribution in [2.24, 2.45) is 0 Å². The highest BCUT2D eigenvalue weighted by molar-refractivity contribution is 7.98. The third-order valence-corrected chi connectivity index (χ3v) is 4.36. The Balaban J connectivity index is 2.37. The number of rotatable bonds is 7. The summed E-state index contributed by atoms with van der Waals surface area (Å²) in [7, 11) is 0. The maximum Gasteiger partial charge on any atom is 0.338 e. The third kappa shape index (κ3) is 5.34. The van der Waals surface area contributed by atoms with E-state index in [-0.39, 0.29) is 30.2 Å². The van der Waals surface area contributed by atoms with Gasteiger partial charge >= 0.3 is 11.9 Å². The third-order valence-electron chi connectivity index (χ3n) is 3.56. The van der Waals surface area contributed by atoms with Gasteiger partial charge in [0, 0.05) is 10.6 Å². The van der Waals surface area contributed by atoms with Crippen molar-refractivity contribution in [2.75, 3.05) is 24.8 Å². The zero-order chi connectivity index (χ0) is 19.8. The second-order valence-electron chi connectivity index (χ2n) is 5.39. The molecule has 2 aromatic rings. The molecule has 27 heavy (non-hydrogen) atoms. The van der Waals surface area contributed by atoms with Crippen LogP contribution < -0.4 is 5.32 Å². The molecule has 0 spiro atoms. The second kappa shape index (κ2) is 9.78. The van der Waals surface area contributed by atoms with E-state index in [1.165, 1.54) is 30.0 Å². The van der Waals surface area contributed by atoms with Crippen molar-refractivity contribution in [2.45, 2.75) is 18.7 Å². The fourth-order valence-corrected chi connectivity index (χ4v) is 2.99. The van der Waals surface area contributed by atoms with Gasteiger partial charge in [-0.2, -0.15) is 0 Å².